The molecule has 4 nitrogen and oxygen atoms in total. The van der Waals surface area contributed by atoms with Gasteiger partial charge in [-0.2, -0.15) is 0 Å². The average molecular weight is 273 g/mol. The van der Waals surface area contributed by atoms with Gasteiger partial charge in [-0.3, -0.25) is 4.79 Å². The van der Waals surface area contributed by atoms with Gasteiger partial charge in [0.2, 0.25) is 5.91 Å². The summed E-state index contributed by atoms with van der Waals surface area (Å²) in [6, 6.07) is 2.40. The number of hydrogen-bond donors (Lipinski definition) is 3. The van der Waals surface area contributed by atoms with Crippen molar-refractivity contribution >= 4 is 5.91 Å². The molecule has 1 aliphatic rings. The fourth-order valence-electron chi connectivity index (χ4n) is 2.01. The van der Waals surface area contributed by atoms with Crippen LogP contribution in [0, 0.1) is 12.5 Å². The van der Waals surface area contributed by atoms with Crippen LogP contribution in [0.3, 0.4) is 0 Å². The van der Waals surface area contributed by atoms with Gasteiger partial charge in [-0.25, -0.2) is 0 Å². The van der Waals surface area contributed by atoms with Crippen LogP contribution >= 0.6 is 0 Å². The van der Waals surface area contributed by atoms with Crippen LogP contribution in [0.15, 0.2) is 36.1 Å². The van der Waals surface area contributed by atoms with Crippen molar-refractivity contribution in [3.8, 4) is 12.5 Å². The molecule has 20 heavy (non-hydrogen) atoms. The highest BCUT2D eigenvalue weighted by atomic mass is 16.2. The topological polar surface area (TPSA) is 67.2 Å². The van der Waals surface area contributed by atoms with E-state index < -0.39 is 5.54 Å². The van der Waals surface area contributed by atoms with Crippen LogP contribution in [-0.4, -0.2) is 18.0 Å². The number of carbonyl (C=O) groups is 1. The standard InChI is InChI=1S/C16H23N3O/c1-3-5-13-18-15(20)16(19-4-2)11-7-6-9-14(17)10-8-12-16/h2,6-10,19H,3,5,11-13,17H2,1H3,(H,18,20)/b7-6+,10-8+,14-9+. The molecule has 1 unspecified atom stereocenters. The van der Waals surface area contributed by atoms with Crippen LogP contribution in [0.5, 0.6) is 0 Å². The van der Waals surface area contributed by atoms with E-state index in [1.54, 1.807) is 12.2 Å². The molecule has 0 bridgehead atoms. The maximum absolute atomic E-state index is 12.5. The van der Waals surface area contributed by atoms with E-state index >= 15 is 0 Å². The minimum Gasteiger partial charge on any atom is -0.399 e. The lowest BCUT2D eigenvalue weighted by Gasteiger charge is -2.30. The Hall–Kier alpha value is -2.15. The summed E-state index contributed by atoms with van der Waals surface area (Å²) in [5, 5.41) is 5.83. The van der Waals surface area contributed by atoms with E-state index in [9.17, 15) is 4.79 Å². The van der Waals surface area contributed by atoms with Gasteiger partial charge in [-0.1, -0.05) is 38.0 Å². The molecule has 1 rings (SSSR count). The highest BCUT2D eigenvalue weighted by Gasteiger charge is 2.35. The third-order valence-corrected chi connectivity index (χ3v) is 3.23. The van der Waals surface area contributed by atoms with Crippen molar-refractivity contribution in [3.63, 3.8) is 0 Å². The summed E-state index contributed by atoms with van der Waals surface area (Å²) in [6.45, 7) is 2.75. The Morgan fingerprint density at radius 3 is 2.95 bits per heavy atom. The molecule has 0 fully saturated rings. The Kier molecular flexibility index (Phi) is 6.45. The first-order valence-electron chi connectivity index (χ1n) is 6.94. The van der Waals surface area contributed by atoms with E-state index in [-0.39, 0.29) is 5.91 Å². The predicted octanol–water partition coefficient (Wildman–Crippen LogP) is 1.57. The van der Waals surface area contributed by atoms with Gasteiger partial charge in [0, 0.05) is 18.3 Å². The molecule has 1 aliphatic carbocycles. The number of carbonyl (C=O) groups excluding carboxylic acids is 1. The average Bonchev–Trinajstić information content (AvgIpc) is 2.51. The molecule has 0 saturated carbocycles. The molecule has 1 atom stereocenters. The number of rotatable bonds is 5. The second kappa shape index (κ2) is 8.11. The van der Waals surface area contributed by atoms with Crippen molar-refractivity contribution in [1.29, 1.82) is 0 Å². The maximum atomic E-state index is 12.5. The smallest absolute Gasteiger partial charge is 0.246 e. The molecule has 0 aromatic carbocycles. The summed E-state index contributed by atoms with van der Waals surface area (Å²) in [7, 11) is 0. The van der Waals surface area contributed by atoms with Gasteiger partial charge in [0.15, 0.2) is 0 Å². The first kappa shape index (κ1) is 15.9. The minimum absolute atomic E-state index is 0.0707. The molecule has 0 radical (unpaired) electrons. The molecule has 108 valence electrons. The number of allylic oxidation sites excluding steroid dienone is 3. The molecule has 4 heteroatoms. The van der Waals surface area contributed by atoms with Crippen molar-refractivity contribution < 1.29 is 4.79 Å². The van der Waals surface area contributed by atoms with Gasteiger partial charge in [-0.15, -0.1) is 0 Å². The first-order chi connectivity index (χ1) is 9.64. The minimum atomic E-state index is -0.812. The van der Waals surface area contributed by atoms with Gasteiger partial charge in [0.05, 0.1) is 0 Å². The quantitative estimate of drug-likeness (QED) is 0.405. The highest BCUT2D eigenvalue weighted by molar-refractivity contribution is 5.87. The molecule has 0 heterocycles. The van der Waals surface area contributed by atoms with E-state index in [1.165, 1.54) is 0 Å². The Morgan fingerprint density at radius 1 is 1.50 bits per heavy atom. The van der Waals surface area contributed by atoms with Crippen molar-refractivity contribution in [2.75, 3.05) is 6.54 Å². The summed E-state index contributed by atoms with van der Waals surface area (Å²) in [5.41, 5.74) is 5.62. The Morgan fingerprint density at radius 2 is 2.25 bits per heavy atom. The Balaban J connectivity index is 2.87. The van der Waals surface area contributed by atoms with Gasteiger partial charge in [-0.05, 0) is 31.4 Å². The lowest BCUT2D eigenvalue weighted by Crippen LogP contribution is -2.55. The summed E-state index contributed by atoms with van der Waals surface area (Å²) in [6.07, 6.45) is 17.6. The third kappa shape index (κ3) is 4.51. The van der Waals surface area contributed by atoms with Crippen LogP contribution in [0.2, 0.25) is 0 Å². The number of terminal acetylenes is 1. The van der Waals surface area contributed by atoms with E-state index in [2.05, 4.69) is 23.6 Å². The maximum Gasteiger partial charge on any atom is 0.246 e. The van der Waals surface area contributed by atoms with Crippen LogP contribution in [0.4, 0.5) is 0 Å². The first-order valence-corrected chi connectivity index (χ1v) is 6.94. The van der Waals surface area contributed by atoms with Crippen molar-refractivity contribution in [3.05, 3.63) is 36.1 Å². The fraction of sp³-hybridized carbons (Fsp3) is 0.438. The summed E-state index contributed by atoms with van der Waals surface area (Å²) in [4.78, 5) is 12.5. The zero-order valence-electron chi connectivity index (χ0n) is 12.0. The zero-order chi connectivity index (χ0) is 14.8. The Bertz CT molecular complexity index is 457. The van der Waals surface area contributed by atoms with E-state index in [4.69, 9.17) is 12.2 Å². The molecular formula is C16H23N3O. The number of nitrogens with one attached hydrogen (secondary N) is 2. The van der Waals surface area contributed by atoms with E-state index in [1.807, 2.05) is 18.2 Å². The third-order valence-electron chi connectivity index (χ3n) is 3.23. The SMILES string of the molecule is C#CNC1(C(=O)NCCCC)C/C=C/C=C(N)\C=C\C1. The molecule has 0 aromatic heterocycles. The predicted molar refractivity (Wildman–Crippen MR) is 82.4 cm³/mol. The van der Waals surface area contributed by atoms with Crippen LogP contribution in [-0.2, 0) is 4.79 Å². The normalized spacial score (nSPS) is 27.7. The summed E-state index contributed by atoms with van der Waals surface area (Å²) < 4.78 is 0. The largest absolute Gasteiger partial charge is 0.399 e. The van der Waals surface area contributed by atoms with Crippen LogP contribution < -0.4 is 16.4 Å². The number of unbranched alkanes of at least 4 members (excludes halogenated alkanes) is 1. The second-order valence-electron chi connectivity index (χ2n) is 4.87. The molecule has 1 amide bonds. The second-order valence-corrected chi connectivity index (χ2v) is 4.87. The lowest BCUT2D eigenvalue weighted by atomic mass is 9.89. The highest BCUT2D eigenvalue weighted by Crippen LogP contribution is 2.19. The molecule has 0 saturated heterocycles. The van der Waals surface area contributed by atoms with E-state index in [0.29, 0.717) is 25.1 Å². The fourth-order valence-corrected chi connectivity index (χ4v) is 2.01. The van der Waals surface area contributed by atoms with E-state index in [0.717, 1.165) is 12.8 Å². The molecule has 4 N–H and O–H groups in total. The summed E-state index contributed by atoms with van der Waals surface area (Å²) in [5.74, 6) is -0.0707. The zero-order valence-corrected chi connectivity index (χ0v) is 12.0. The van der Waals surface area contributed by atoms with Crippen LogP contribution in [0.25, 0.3) is 0 Å². The van der Waals surface area contributed by atoms with Crippen LogP contribution in [0.1, 0.15) is 32.6 Å². The lowest BCUT2D eigenvalue weighted by molar-refractivity contribution is -0.127. The molecular weight excluding hydrogens is 250 g/mol. The summed E-state index contributed by atoms with van der Waals surface area (Å²) >= 11 is 0. The molecule has 0 aliphatic heterocycles. The van der Waals surface area contributed by atoms with Gasteiger partial charge in [0.1, 0.15) is 5.54 Å². The Labute approximate surface area is 121 Å². The van der Waals surface area contributed by atoms with Crippen molar-refractivity contribution in [2.24, 2.45) is 5.73 Å². The van der Waals surface area contributed by atoms with Gasteiger partial charge in [0.25, 0.3) is 0 Å². The monoisotopic (exact) mass is 273 g/mol. The molecule has 0 aromatic rings. The van der Waals surface area contributed by atoms with Gasteiger partial charge < -0.3 is 16.4 Å². The van der Waals surface area contributed by atoms with Crippen molar-refractivity contribution in [2.45, 2.75) is 38.1 Å². The number of nitrogens with two attached hydrogens (primary N) is 1. The number of hydrogen-bond acceptors (Lipinski definition) is 3. The molecule has 0 spiro atoms. The van der Waals surface area contributed by atoms with Gasteiger partial charge >= 0.3 is 0 Å². The number of amides is 1. The van der Waals surface area contributed by atoms with Crippen molar-refractivity contribution in [1.82, 2.24) is 10.6 Å².